The summed E-state index contributed by atoms with van der Waals surface area (Å²) in [5.41, 5.74) is 0.594. The molecule has 1 fully saturated rings. The van der Waals surface area contributed by atoms with Crippen LogP contribution in [-0.2, 0) is 4.79 Å². The molecule has 2 aromatic carbocycles. The summed E-state index contributed by atoms with van der Waals surface area (Å²) in [4.78, 5) is 38.7. The Bertz CT molecular complexity index is 1240. The van der Waals surface area contributed by atoms with Gasteiger partial charge in [0.15, 0.2) is 0 Å². The third-order valence-electron chi connectivity index (χ3n) is 4.46. The molecule has 10 heteroatoms. The minimum atomic E-state index is -0.482. The van der Waals surface area contributed by atoms with Gasteiger partial charge in [-0.05, 0) is 53.7 Å². The van der Waals surface area contributed by atoms with Crippen molar-refractivity contribution in [1.82, 2.24) is 10.2 Å². The molecule has 1 saturated heterocycles. The number of fused-ring (bicyclic) bond motifs is 1. The van der Waals surface area contributed by atoms with Gasteiger partial charge in [-0.15, -0.1) is 11.3 Å². The molecule has 1 N–H and O–H groups in total. The van der Waals surface area contributed by atoms with E-state index < -0.39 is 28.7 Å². The molecule has 1 aliphatic rings. The summed E-state index contributed by atoms with van der Waals surface area (Å²) in [6.07, 6.45) is 1.51. The van der Waals surface area contributed by atoms with E-state index >= 15 is 0 Å². The van der Waals surface area contributed by atoms with Crippen LogP contribution >= 0.6 is 34.7 Å². The molecule has 3 amide bonds. The van der Waals surface area contributed by atoms with Gasteiger partial charge in [0.1, 0.15) is 16.5 Å². The maximum Gasteiger partial charge on any atom is 0.293 e. The molecule has 3 aromatic rings. The Morgan fingerprint density at radius 2 is 1.81 bits per heavy atom. The van der Waals surface area contributed by atoms with E-state index in [0.717, 1.165) is 28.0 Å². The molecule has 1 aromatic heterocycles. The van der Waals surface area contributed by atoms with Gasteiger partial charge in [-0.25, -0.2) is 8.78 Å². The van der Waals surface area contributed by atoms with E-state index in [1.807, 2.05) is 0 Å². The molecule has 0 saturated carbocycles. The lowest BCUT2D eigenvalue weighted by atomic mass is 10.2. The molecule has 0 aliphatic carbocycles. The topological polar surface area (TPSA) is 66.5 Å². The van der Waals surface area contributed by atoms with E-state index in [-0.39, 0.29) is 27.9 Å². The number of thioether (sulfide) groups is 1. The van der Waals surface area contributed by atoms with Crippen LogP contribution in [0.5, 0.6) is 0 Å². The van der Waals surface area contributed by atoms with Crippen LogP contribution in [0.15, 0.2) is 47.4 Å². The van der Waals surface area contributed by atoms with Crippen LogP contribution in [0.4, 0.5) is 13.6 Å². The summed E-state index contributed by atoms with van der Waals surface area (Å²) in [6, 6.07) is 9.61. The third kappa shape index (κ3) is 4.48. The second kappa shape index (κ2) is 8.78. The second-order valence-electron chi connectivity index (χ2n) is 6.53. The van der Waals surface area contributed by atoms with Crippen molar-refractivity contribution < 1.29 is 23.2 Å². The lowest BCUT2D eigenvalue weighted by Gasteiger charge is -2.12. The van der Waals surface area contributed by atoms with Crippen molar-refractivity contribution in [2.75, 3.05) is 13.1 Å². The van der Waals surface area contributed by atoms with E-state index in [4.69, 9.17) is 11.6 Å². The summed E-state index contributed by atoms with van der Waals surface area (Å²) < 4.78 is 27.0. The van der Waals surface area contributed by atoms with E-state index in [0.29, 0.717) is 15.6 Å². The first-order valence-electron chi connectivity index (χ1n) is 9.00. The molecule has 0 atom stereocenters. The summed E-state index contributed by atoms with van der Waals surface area (Å²) in [7, 11) is 0. The number of thiophene rings is 1. The number of rotatable bonds is 5. The van der Waals surface area contributed by atoms with Crippen LogP contribution < -0.4 is 5.32 Å². The molecule has 0 radical (unpaired) electrons. The first-order chi connectivity index (χ1) is 14.8. The summed E-state index contributed by atoms with van der Waals surface area (Å²) in [5, 5.41) is 2.98. The van der Waals surface area contributed by atoms with Crippen molar-refractivity contribution in [2.24, 2.45) is 0 Å². The van der Waals surface area contributed by atoms with Crippen molar-refractivity contribution in [2.45, 2.75) is 0 Å². The number of benzene rings is 2. The predicted octanol–water partition coefficient (Wildman–Crippen LogP) is 5.30. The molecule has 4 rings (SSSR count). The number of nitrogens with one attached hydrogen (secondary N) is 1. The average Bonchev–Trinajstić information content (AvgIpc) is 3.20. The van der Waals surface area contributed by atoms with Crippen LogP contribution in [0.25, 0.3) is 16.2 Å². The highest BCUT2D eigenvalue weighted by molar-refractivity contribution is 8.18. The van der Waals surface area contributed by atoms with Crippen molar-refractivity contribution in [3.8, 4) is 0 Å². The van der Waals surface area contributed by atoms with E-state index in [1.54, 1.807) is 0 Å². The number of hydrogen-bond donors (Lipinski definition) is 1. The Morgan fingerprint density at radius 1 is 1.10 bits per heavy atom. The second-order valence-corrected chi connectivity index (χ2v) is 8.95. The van der Waals surface area contributed by atoms with E-state index in [1.165, 1.54) is 48.5 Å². The molecular formula is C21H13ClF2N2O3S2. The van der Waals surface area contributed by atoms with Gasteiger partial charge >= 0.3 is 0 Å². The fraction of sp³-hybridized carbons (Fsp3) is 0.0952. The predicted molar refractivity (Wildman–Crippen MR) is 118 cm³/mol. The van der Waals surface area contributed by atoms with E-state index in [2.05, 4.69) is 5.32 Å². The first-order valence-corrected chi connectivity index (χ1v) is 11.0. The number of halogens is 3. The Kier molecular flexibility index (Phi) is 6.08. The van der Waals surface area contributed by atoms with Crippen LogP contribution in [0.3, 0.4) is 0 Å². The molecule has 2 heterocycles. The normalized spacial score (nSPS) is 15.3. The van der Waals surface area contributed by atoms with E-state index in [9.17, 15) is 23.2 Å². The smallest absolute Gasteiger partial charge is 0.293 e. The molecular weight excluding hydrogens is 466 g/mol. The number of amides is 3. The highest BCUT2D eigenvalue weighted by atomic mass is 35.5. The molecule has 1 aliphatic heterocycles. The molecule has 158 valence electrons. The largest absolute Gasteiger partial charge is 0.349 e. The Labute approximate surface area is 188 Å². The Balaban J connectivity index is 1.40. The molecule has 0 spiro atoms. The van der Waals surface area contributed by atoms with Crippen molar-refractivity contribution in [1.29, 1.82) is 0 Å². The van der Waals surface area contributed by atoms with Gasteiger partial charge < -0.3 is 5.32 Å². The molecule has 31 heavy (non-hydrogen) atoms. The monoisotopic (exact) mass is 478 g/mol. The van der Waals surface area contributed by atoms with Gasteiger partial charge in [-0.1, -0.05) is 23.7 Å². The summed E-state index contributed by atoms with van der Waals surface area (Å²) >= 11 is 8.08. The summed E-state index contributed by atoms with van der Waals surface area (Å²) in [5.74, 6) is -1.78. The lowest BCUT2D eigenvalue weighted by Crippen LogP contribution is -2.37. The standard InChI is InChI=1S/C21H13ClF2N2O3S2/c22-17-14-6-5-13(24)10-15(14)30-18(17)19(27)25-7-8-26-20(28)16(31-21(26)29)9-11-1-3-12(23)4-2-11/h1-6,9-10H,7-8H2,(H,25,27)/b16-9-. The minimum Gasteiger partial charge on any atom is -0.349 e. The first kappa shape index (κ1) is 21.5. The molecule has 0 bridgehead atoms. The maximum atomic E-state index is 13.4. The fourth-order valence-corrected chi connectivity index (χ4v) is 5.27. The highest BCUT2D eigenvalue weighted by Crippen LogP contribution is 2.36. The van der Waals surface area contributed by atoms with Gasteiger partial charge in [0.25, 0.3) is 17.1 Å². The highest BCUT2D eigenvalue weighted by Gasteiger charge is 2.34. The molecule has 0 unspecified atom stereocenters. The number of carbonyl (C=O) groups is 3. The molecule has 5 nitrogen and oxygen atoms in total. The zero-order valence-corrected chi connectivity index (χ0v) is 18.0. The average molecular weight is 479 g/mol. The van der Waals surface area contributed by atoms with Gasteiger partial charge in [0, 0.05) is 23.2 Å². The third-order valence-corrected chi connectivity index (χ3v) is 7.02. The quantitative estimate of drug-likeness (QED) is 0.505. The lowest BCUT2D eigenvalue weighted by molar-refractivity contribution is -0.122. The Morgan fingerprint density at radius 3 is 2.55 bits per heavy atom. The zero-order valence-electron chi connectivity index (χ0n) is 15.7. The minimum absolute atomic E-state index is 0.0195. The van der Waals surface area contributed by atoms with Gasteiger partial charge in [-0.2, -0.15) is 0 Å². The van der Waals surface area contributed by atoms with Crippen molar-refractivity contribution in [3.63, 3.8) is 0 Å². The van der Waals surface area contributed by atoms with Gasteiger partial charge in [0.05, 0.1) is 9.93 Å². The summed E-state index contributed by atoms with van der Waals surface area (Å²) in [6.45, 7) is 0.00788. The fourth-order valence-electron chi connectivity index (χ4n) is 2.95. The van der Waals surface area contributed by atoms with Crippen LogP contribution in [0.1, 0.15) is 15.2 Å². The van der Waals surface area contributed by atoms with Crippen molar-refractivity contribution >= 4 is 67.9 Å². The van der Waals surface area contributed by atoms with Crippen LogP contribution in [0, 0.1) is 11.6 Å². The number of hydrogen-bond acceptors (Lipinski definition) is 5. The Hall–Kier alpha value is -2.75. The SMILES string of the molecule is O=C(NCCN1C(=O)S/C(=C\c2ccc(F)cc2)C1=O)c1sc2cc(F)ccc2c1Cl. The number of imide groups is 1. The van der Waals surface area contributed by atoms with Gasteiger partial charge in [0.2, 0.25) is 0 Å². The zero-order chi connectivity index (χ0) is 22.1. The van der Waals surface area contributed by atoms with Crippen LogP contribution in [0.2, 0.25) is 5.02 Å². The van der Waals surface area contributed by atoms with Gasteiger partial charge in [-0.3, -0.25) is 19.3 Å². The number of nitrogens with zero attached hydrogens (tertiary/aromatic N) is 1. The number of carbonyl (C=O) groups excluding carboxylic acids is 3. The van der Waals surface area contributed by atoms with Crippen molar-refractivity contribution in [3.05, 3.63) is 74.5 Å². The maximum absolute atomic E-state index is 13.4. The van der Waals surface area contributed by atoms with Crippen LogP contribution in [-0.4, -0.2) is 35.0 Å².